The van der Waals surface area contributed by atoms with Crippen molar-refractivity contribution in [3.8, 4) is 23.6 Å². The highest BCUT2D eigenvalue weighted by Crippen LogP contribution is 2.31. The highest BCUT2D eigenvalue weighted by Gasteiger charge is 2.15. The fourth-order valence-electron chi connectivity index (χ4n) is 2.49. The monoisotopic (exact) mass is 425 g/mol. The third-order valence-corrected chi connectivity index (χ3v) is 5.53. The summed E-state index contributed by atoms with van der Waals surface area (Å²) in [4.78, 5) is 17.6. The smallest absolute Gasteiger partial charge is 0.234 e. The Morgan fingerprint density at radius 3 is 2.76 bits per heavy atom. The molecule has 0 atom stereocenters. The second kappa shape index (κ2) is 9.15. The number of hydrogen-bond donors (Lipinski definition) is 1. The summed E-state index contributed by atoms with van der Waals surface area (Å²) in [5.41, 5.74) is 1.15. The van der Waals surface area contributed by atoms with Gasteiger partial charge in [0.25, 0.3) is 0 Å². The SMILES string of the molecule is COc1ccc(NC(=O)CSc2nc3sccn3c2C=C(C#N)C#N)cc1OC. The van der Waals surface area contributed by atoms with E-state index in [1.807, 2.05) is 17.5 Å². The Balaban J connectivity index is 1.75. The lowest BCUT2D eigenvalue weighted by Gasteiger charge is -2.10. The van der Waals surface area contributed by atoms with Crippen LogP contribution >= 0.6 is 23.1 Å². The number of carbonyl (C=O) groups is 1. The van der Waals surface area contributed by atoms with Crippen molar-refractivity contribution in [2.24, 2.45) is 0 Å². The number of imidazole rings is 1. The van der Waals surface area contributed by atoms with Gasteiger partial charge < -0.3 is 14.8 Å². The molecule has 8 nitrogen and oxygen atoms in total. The zero-order chi connectivity index (χ0) is 20.8. The number of carbonyl (C=O) groups excluding carboxylic acids is 1. The molecule has 0 spiro atoms. The Bertz CT molecular complexity index is 1150. The predicted molar refractivity (Wildman–Crippen MR) is 111 cm³/mol. The minimum atomic E-state index is -0.228. The van der Waals surface area contributed by atoms with Gasteiger partial charge in [-0.15, -0.1) is 11.3 Å². The lowest BCUT2D eigenvalue weighted by molar-refractivity contribution is -0.113. The zero-order valence-electron chi connectivity index (χ0n) is 15.5. The van der Waals surface area contributed by atoms with Crippen LogP contribution in [0.4, 0.5) is 5.69 Å². The van der Waals surface area contributed by atoms with Crippen LogP contribution in [0.15, 0.2) is 40.4 Å². The van der Waals surface area contributed by atoms with Crippen LogP contribution in [0.25, 0.3) is 11.0 Å². The van der Waals surface area contributed by atoms with Crippen molar-refractivity contribution in [3.05, 3.63) is 41.0 Å². The van der Waals surface area contributed by atoms with Crippen molar-refractivity contribution in [2.75, 3.05) is 25.3 Å². The van der Waals surface area contributed by atoms with E-state index in [0.29, 0.717) is 32.9 Å². The van der Waals surface area contributed by atoms with E-state index in [1.165, 1.54) is 36.3 Å². The number of rotatable bonds is 7. The van der Waals surface area contributed by atoms with Gasteiger partial charge in [0.15, 0.2) is 16.5 Å². The fraction of sp³-hybridized carbons (Fsp3) is 0.158. The van der Waals surface area contributed by atoms with E-state index in [-0.39, 0.29) is 17.2 Å². The molecule has 0 saturated heterocycles. The van der Waals surface area contributed by atoms with Gasteiger partial charge in [0.05, 0.1) is 25.7 Å². The van der Waals surface area contributed by atoms with E-state index in [0.717, 1.165) is 0 Å². The van der Waals surface area contributed by atoms with Gasteiger partial charge in [-0.3, -0.25) is 9.20 Å². The van der Waals surface area contributed by atoms with Gasteiger partial charge in [-0.05, 0) is 18.2 Å². The molecule has 0 radical (unpaired) electrons. The molecule has 0 aliphatic rings. The summed E-state index contributed by atoms with van der Waals surface area (Å²) in [7, 11) is 3.06. The molecule has 0 saturated carbocycles. The van der Waals surface area contributed by atoms with E-state index in [9.17, 15) is 4.79 Å². The number of aromatic nitrogens is 2. The highest BCUT2D eigenvalue weighted by atomic mass is 32.2. The summed E-state index contributed by atoms with van der Waals surface area (Å²) in [6, 6.07) is 8.79. The molecule has 0 aliphatic heterocycles. The van der Waals surface area contributed by atoms with Gasteiger partial charge in [0.1, 0.15) is 22.7 Å². The van der Waals surface area contributed by atoms with Crippen LogP contribution in [-0.4, -0.2) is 35.3 Å². The summed E-state index contributed by atoms with van der Waals surface area (Å²) in [5, 5.41) is 23.3. The second-order valence-electron chi connectivity index (χ2n) is 5.55. The third-order valence-electron chi connectivity index (χ3n) is 3.79. The largest absolute Gasteiger partial charge is 0.493 e. The average Bonchev–Trinajstić information content (AvgIpc) is 3.32. The standard InChI is InChI=1S/C19H15N5O3S2/c1-26-15-4-3-13(8-16(15)27-2)22-17(25)11-29-18-14(7-12(9-20)10-21)24-5-6-28-19(24)23-18/h3-8H,11H2,1-2H3,(H,22,25). The number of methoxy groups -OCH3 is 2. The van der Waals surface area contributed by atoms with E-state index in [2.05, 4.69) is 10.3 Å². The van der Waals surface area contributed by atoms with Crippen molar-refractivity contribution in [1.29, 1.82) is 10.5 Å². The summed E-state index contributed by atoms with van der Waals surface area (Å²) in [6.07, 6.45) is 3.28. The zero-order valence-corrected chi connectivity index (χ0v) is 17.1. The van der Waals surface area contributed by atoms with Crippen molar-refractivity contribution in [2.45, 2.75) is 5.03 Å². The average molecular weight is 425 g/mol. The highest BCUT2D eigenvalue weighted by molar-refractivity contribution is 8.00. The first-order chi connectivity index (χ1) is 14.1. The fourth-order valence-corrected chi connectivity index (χ4v) is 4.07. The van der Waals surface area contributed by atoms with Crippen molar-refractivity contribution in [3.63, 3.8) is 0 Å². The molecule has 0 bridgehead atoms. The molecule has 0 unspecified atom stereocenters. The molecular formula is C19H15N5O3S2. The number of thioether (sulfide) groups is 1. The molecule has 2 aromatic heterocycles. The summed E-state index contributed by atoms with van der Waals surface area (Å²) in [6.45, 7) is 0. The number of anilines is 1. The molecule has 1 amide bonds. The molecule has 146 valence electrons. The molecule has 2 heterocycles. The lowest BCUT2D eigenvalue weighted by Crippen LogP contribution is -2.14. The number of allylic oxidation sites excluding steroid dienone is 1. The molecule has 3 rings (SSSR count). The maximum atomic E-state index is 12.4. The van der Waals surface area contributed by atoms with Gasteiger partial charge in [-0.2, -0.15) is 10.5 Å². The summed E-state index contributed by atoms with van der Waals surface area (Å²) >= 11 is 2.65. The van der Waals surface area contributed by atoms with Gasteiger partial charge in [-0.25, -0.2) is 4.98 Å². The minimum absolute atomic E-state index is 0.0328. The second-order valence-corrected chi connectivity index (χ2v) is 7.38. The van der Waals surface area contributed by atoms with Crippen LogP contribution in [0.5, 0.6) is 11.5 Å². The molecule has 0 fully saturated rings. The number of benzene rings is 1. The normalized spacial score (nSPS) is 10.1. The van der Waals surface area contributed by atoms with Crippen LogP contribution in [-0.2, 0) is 4.79 Å². The molecule has 3 aromatic rings. The van der Waals surface area contributed by atoms with Gasteiger partial charge >= 0.3 is 0 Å². The molecule has 1 N–H and O–H groups in total. The van der Waals surface area contributed by atoms with Crippen LogP contribution in [0.3, 0.4) is 0 Å². The van der Waals surface area contributed by atoms with Crippen molar-refractivity contribution >= 4 is 45.7 Å². The summed E-state index contributed by atoms with van der Waals surface area (Å²) in [5.74, 6) is 0.962. The topological polar surface area (TPSA) is 112 Å². The Kier molecular flexibility index (Phi) is 6.39. The predicted octanol–water partition coefficient (Wildman–Crippen LogP) is 3.57. The summed E-state index contributed by atoms with van der Waals surface area (Å²) < 4.78 is 12.2. The van der Waals surface area contributed by atoms with E-state index in [1.54, 1.807) is 35.9 Å². The number of hydrogen-bond acceptors (Lipinski definition) is 8. The first-order valence-corrected chi connectivity index (χ1v) is 10.1. The van der Waals surface area contributed by atoms with Crippen molar-refractivity contribution < 1.29 is 14.3 Å². The quantitative estimate of drug-likeness (QED) is 0.455. The van der Waals surface area contributed by atoms with E-state index in [4.69, 9.17) is 20.0 Å². The number of nitrogens with zero attached hydrogens (tertiary/aromatic N) is 4. The first kappa shape index (κ1) is 20.3. The minimum Gasteiger partial charge on any atom is -0.493 e. The number of thiazole rings is 1. The van der Waals surface area contributed by atoms with Gasteiger partial charge in [-0.1, -0.05) is 11.8 Å². The Morgan fingerprint density at radius 1 is 1.31 bits per heavy atom. The third kappa shape index (κ3) is 4.51. The van der Waals surface area contributed by atoms with Crippen molar-refractivity contribution in [1.82, 2.24) is 9.38 Å². The number of fused-ring (bicyclic) bond motifs is 1. The Hall–Kier alpha value is -3.47. The van der Waals surface area contributed by atoms with Crippen LogP contribution < -0.4 is 14.8 Å². The van der Waals surface area contributed by atoms with Gasteiger partial charge in [0.2, 0.25) is 5.91 Å². The molecule has 29 heavy (non-hydrogen) atoms. The number of nitrogens with one attached hydrogen (secondary N) is 1. The Labute approximate surface area is 175 Å². The van der Waals surface area contributed by atoms with E-state index >= 15 is 0 Å². The van der Waals surface area contributed by atoms with E-state index < -0.39 is 0 Å². The molecule has 1 aromatic carbocycles. The Morgan fingerprint density at radius 2 is 2.07 bits per heavy atom. The maximum absolute atomic E-state index is 12.4. The number of amides is 1. The van der Waals surface area contributed by atoms with Gasteiger partial charge in [0, 0.05) is 23.3 Å². The number of ether oxygens (including phenoxy) is 2. The van der Waals surface area contributed by atoms with Crippen LogP contribution in [0, 0.1) is 22.7 Å². The molecular weight excluding hydrogens is 410 g/mol. The molecule has 0 aliphatic carbocycles. The number of nitriles is 2. The first-order valence-electron chi connectivity index (χ1n) is 8.21. The van der Waals surface area contributed by atoms with Crippen LogP contribution in [0.1, 0.15) is 5.69 Å². The molecule has 10 heteroatoms. The maximum Gasteiger partial charge on any atom is 0.234 e. The van der Waals surface area contributed by atoms with Crippen LogP contribution in [0.2, 0.25) is 0 Å². The lowest BCUT2D eigenvalue weighted by atomic mass is 10.2.